The van der Waals surface area contributed by atoms with Crippen LogP contribution in [0, 0.1) is 0 Å². The third kappa shape index (κ3) is 4.76. The van der Waals surface area contributed by atoms with Crippen LogP contribution in [0.4, 0.5) is 18.9 Å². The van der Waals surface area contributed by atoms with E-state index in [9.17, 15) is 22.8 Å². The van der Waals surface area contributed by atoms with Gasteiger partial charge in [0.2, 0.25) is 0 Å². The van der Waals surface area contributed by atoms with Crippen molar-refractivity contribution < 1.29 is 22.8 Å². The summed E-state index contributed by atoms with van der Waals surface area (Å²) in [6, 6.07) is 1.36. The lowest BCUT2D eigenvalue weighted by Gasteiger charge is -2.08. The number of carbonyl (C=O) groups is 2. The summed E-state index contributed by atoms with van der Waals surface area (Å²) in [5, 5.41) is 10.4. The number of alkyl halides is 3. The molecule has 0 aliphatic rings. The Bertz CT molecular complexity index is 686. The Kier molecular flexibility index (Phi) is 4.88. The number of aromatic amines is 1. The zero-order chi connectivity index (χ0) is 16.9. The van der Waals surface area contributed by atoms with Crippen molar-refractivity contribution >= 4 is 17.5 Å². The first-order valence-electron chi connectivity index (χ1n) is 6.32. The molecule has 8 nitrogen and oxygen atoms in total. The molecule has 0 aliphatic carbocycles. The molecule has 2 rings (SSSR count). The highest BCUT2D eigenvalue weighted by atomic mass is 19.4. The van der Waals surface area contributed by atoms with Crippen LogP contribution in [0.3, 0.4) is 0 Å². The fourth-order valence-corrected chi connectivity index (χ4v) is 1.57. The molecule has 2 aromatic heterocycles. The second kappa shape index (κ2) is 6.85. The molecule has 2 amide bonds. The summed E-state index contributed by atoms with van der Waals surface area (Å²) in [5.41, 5.74) is -0.0719. The number of hydrogen-bond donors (Lipinski definition) is 3. The van der Waals surface area contributed by atoms with Crippen molar-refractivity contribution in [1.29, 1.82) is 0 Å². The van der Waals surface area contributed by atoms with Crippen LogP contribution in [0.15, 0.2) is 24.8 Å². The van der Waals surface area contributed by atoms with Gasteiger partial charge in [0.25, 0.3) is 11.8 Å². The Balaban J connectivity index is 1.99. The molecule has 122 valence electrons. The van der Waals surface area contributed by atoms with Crippen molar-refractivity contribution in [3.8, 4) is 0 Å². The van der Waals surface area contributed by atoms with Gasteiger partial charge in [-0.25, -0.2) is 9.97 Å². The van der Waals surface area contributed by atoms with E-state index < -0.39 is 31.0 Å². The lowest BCUT2D eigenvalue weighted by atomic mass is 10.3. The number of carbonyl (C=O) groups excluding carboxylic acids is 2. The van der Waals surface area contributed by atoms with Gasteiger partial charge < -0.3 is 10.6 Å². The van der Waals surface area contributed by atoms with Crippen molar-refractivity contribution in [1.82, 2.24) is 25.5 Å². The summed E-state index contributed by atoms with van der Waals surface area (Å²) < 4.78 is 36.1. The molecule has 23 heavy (non-hydrogen) atoms. The van der Waals surface area contributed by atoms with Crippen LogP contribution < -0.4 is 10.6 Å². The number of H-pyrrole nitrogens is 1. The monoisotopic (exact) mass is 328 g/mol. The third-order valence-electron chi connectivity index (χ3n) is 2.62. The molecule has 0 aliphatic heterocycles. The van der Waals surface area contributed by atoms with E-state index in [2.05, 4.69) is 30.8 Å². The van der Waals surface area contributed by atoms with Crippen LogP contribution in [0.5, 0.6) is 0 Å². The van der Waals surface area contributed by atoms with Crippen LogP contribution in [0.25, 0.3) is 0 Å². The number of hydrogen-bond acceptors (Lipinski definition) is 5. The number of rotatable bonds is 5. The first-order chi connectivity index (χ1) is 10.9. The summed E-state index contributed by atoms with van der Waals surface area (Å²) in [5.74, 6) is -1.43. The zero-order valence-electron chi connectivity index (χ0n) is 11.5. The molecule has 2 aromatic rings. The van der Waals surface area contributed by atoms with Gasteiger partial charge in [-0.05, 0) is 6.07 Å². The topological polar surface area (TPSA) is 113 Å². The van der Waals surface area contributed by atoms with E-state index in [1.807, 2.05) is 0 Å². The highest BCUT2D eigenvalue weighted by Crippen LogP contribution is 2.18. The van der Waals surface area contributed by atoms with Gasteiger partial charge in [0, 0.05) is 12.7 Å². The lowest BCUT2D eigenvalue weighted by Crippen LogP contribution is -2.29. The fourth-order valence-electron chi connectivity index (χ4n) is 1.57. The van der Waals surface area contributed by atoms with E-state index in [0.717, 1.165) is 6.20 Å². The Labute approximate surface area is 127 Å². The van der Waals surface area contributed by atoms with E-state index in [0.29, 0.717) is 0 Å². The first kappa shape index (κ1) is 16.4. The highest BCUT2D eigenvalue weighted by molar-refractivity contribution is 6.07. The maximum atomic E-state index is 12.0. The molecule has 0 radical (unpaired) electrons. The minimum atomic E-state index is -4.37. The first-order valence-corrected chi connectivity index (χ1v) is 6.32. The van der Waals surface area contributed by atoms with Gasteiger partial charge in [-0.15, -0.1) is 0 Å². The number of anilines is 1. The number of nitrogens with zero attached hydrogens (tertiary/aromatic N) is 3. The summed E-state index contributed by atoms with van der Waals surface area (Å²) in [7, 11) is 0. The van der Waals surface area contributed by atoms with E-state index in [-0.39, 0.29) is 17.1 Å². The average Bonchev–Trinajstić information content (AvgIpc) is 2.95. The second-order valence-electron chi connectivity index (χ2n) is 4.33. The Morgan fingerprint density at radius 2 is 2.04 bits per heavy atom. The van der Waals surface area contributed by atoms with Crippen molar-refractivity contribution in [3.63, 3.8) is 0 Å². The largest absolute Gasteiger partial charge is 0.390 e. The predicted molar refractivity (Wildman–Crippen MR) is 71.6 cm³/mol. The Hall–Kier alpha value is -2.98. The van der Waals surface area contributed by atoms with Crippen molar-refractivity contribution in [2.24, 2.45) is 0 Å². The summed E-state index contributed by atoms with van der Waals surface area (Å²) in [6.45, 7) is -0.583. The third-order valence-corrected chi connectivity index (χ3v) is 2.62. The molecule has 3 N–H and O–H groups in total. The van der Waals surface area contributed by atoms with Crippen molar-refractivity contribution in [2.75, 3.05) is 11.9 Å². The van der Waals surface area contributed by atoms with E-state index in [4.69, 9.17) is 0 Å². The molecule has 0 bridgehead atoms. The molecule has 2 heterocycles. The smallest absolute Gasteiger partial charge is 0.350 e. The van der Waals surface area contributed by atoms with E-state index in [1.54, 1.807) is 0 Å². The fraction of sp³-hybridized carbons (Fsp3) is 0.250. The Morgan fingerprint density at radius 1 is 1.26 bits per heavy atom. The SMILES string of the molecule is O=C(Nc1cn[nH]c1C(=O)NCCC(F)(F)F)c1ccncn1. The van der Waals surface area contributed by atoms with Crippen LogP contribution in [-0.4, -0.2) is 44.7 Å². The van der Waals surface area contributed by atoms with Gasteiger partial charge >= 0.3 is 6.18 Å². The quantitative estimate of drug-likeness (QED) is 0.762. The summed E-state index contributed by atoms with van der Waals surface area (Å²) in [6.07, 6.45) is -1.82. The number of amides is 2. The van der Waals surface area contributed by atoms with Crippen molar-refractivity contribution in [2.45, 2.75) is 12.6 Å². The zero-order valence-corrected chi connectivity index (χ0v) is 11.5. The molecule has 11 heteroatoms. The molecule has 0 aromatic carbocycles. The minimum Gasteiger partial charge on any atom is -0.350 e. The molecule has 0 saturated heterocycles. The van der Waals surface area contributed by atoms with Crippen molar-refractivity contribution in [3.05, 3.63) is 36.2 Å². The average molecular weight is 328 g/mol. The molecular formula is C12H11F3N6O2. The Morgan fingerprint density at radius 3 is 2.70 bits per heavy atom. The van der Waals surface area contributed by atoms with E-state index >= 15 is 0 Å². The maximum absolute atomic E-state index is 12.0. The second-order valence-corrected chi connectivity index (χ2v) is 4.33. The lowest BCUT2D eigenvalue weighted by molar-refractivity contribution is -0.133. The molecule has 0 atom stereocenters. The van der Waals surface area contributed by atoms with Crippen LogP contribution in [0.2, 0.25) is 0 Å². The molecule has 0 saturated carbocycles. The van der Waals surface area contributed by atoms with Gasteiger partial charge in [-0.1, -0.05) is 0 Å². The number of aromatic nitrogens is 4. The van der Waals surface area contributed by atoms with E-state index in [1.165, 1.54) is 18.6 Å². The van der Waals surface area contributed by atoms with Crippen LogP contribution in [-0.2, 0) is 0 Å². The molecular weight excluding hydrogens is 317 g/mol. The van der Waals surface area contributed by atoms with Crippen LogP contribution >= 0.6 is 0 Å². The normalized spacial score (nSPS) is 11.1. The maximum Gasteiger partial charge on any atom is 0.390 e. The summed E-state index contributed by atoms with van der Waals surface area (Å²) in [4.78, 5) is 31.1. The highest BCUT2D eigenvalue weighted by Gasteiger charge is 2.27. The van der Waals surface area contributed by atoms with Gasteiger partial charge in [0.15, 0.2) is 0 Å². The molecule has 0 fully saturated rings. The van der Waals surface area contributed by atoms with Gasteiger partial charge in [-0.2, -0.15) is 18.3 Å². The number of nitrogens with one attached hydrogen (secondary N) is 3. The van der Waals surface area contributed by atoms with Gasteiger partial charge in [0.1, 0.15) is 17.7 Å². The van der Waals surface area contributed by atoms with Crippen LogP contribution in [0.1, 0.15) is 27.4 Å². The summed E-state index contributed by atoms with van der Waals surface area (Å²) >= 11 is 0. The minimum absolute atomic E-state index is 0.0260. The van der Waals surface area contributed by atoms with Gasteiger partial charge in [-0.3, -0.25) is 14.7 Å². The molecule has 0 spiro atoms. The van der Waals surface area contributed by atoms with Gasteiger partial charge in [0.05, 0.1) is 18.3 Å². The standard InChI is InChI=1S/C12H11F3N6O2/c13-12(14,15)2-4-17-11(23)9-8(5-19-21-9)20-10(22)7-1-3-16-6-18-7/h1,3,5-6H,2,4H2,(H,17,23)(H,19,21)(H,20,22). The molecule has 0 unspecified atom stereocenters. The number of halogens is 3. The predicted octanol–water partition coefficient (Wildman–Crippen LogP) is 1.13.